The molecule has 0 spiro atoms. The van der Waals surface area contributed by atoms with Crippen LogP contribution in [-0.4, -0.2) is 19.6 Å². The Kier molecular flexibility index (Phi) is 2.75. The summed E-state index contributed by atoms with van der Waals surface area (Å²) in [5, 5.41) is 10.4. The predicted molar refractivity (Wildman–Crippen MR) is 60.7 cm³/mol. The molecule has 0 fully saturated rings. The van der Waals surface area contributed by atoms with Crippen molar-refractivity contribution in [3.63, 3.8) is 0 Å². The maximum Gasteiger partial charge on any atom is 0.111 e. The molecular weight excluding hydrogens is 202 g/mol. The number of pyridine rings is 1. The molecule has 0 saturated heterocycles. The first-order valence-electron chi connectivity index (χ1n) is 5.19. The molecular formula is C12H15N3O. The molecule has 4 heteroatoms. The SMILES string of the molecule is Cn1ccnc1CC(C)(O)c1cccnc1. The van der Waals surface area contributed by atoms with Gasteiger partial charge in [-0.15, -0.1) is 0 Å². The highest BCUT2D eigenvalue weighted by atomic mass is 16.3. The summed E-state index contributed by atoms with van der Waals surface area (Å²) in [6, 6.07) is 3.69. The summed E-state index contributed by atoms with van der Waals surface area (Å²) in [4.78, 5) is 8.22. The maximum atomic E-state index is 10.4. The molecule has 2 rings (SSSR count). The Morgan fingerprint density at radius 1 is 1.44 bits per heavy atom. The van der Waals surface area contributed by atoms with E-state index in [1.54, 1.807) is 25.5 Å². The van der Waals surface area contributed by atoms with Crippen LogP contribution in [0.3, 0.4) is 0 Å². The van der Waals surface area contributed by atoms with Crippen LogP contribution in [0.15, 0.2) is 36.9 Å². The number of hydrogen-bond acceptors (Lipinski definition) is 3. The number of aliphatic hydroxyl groups is 1. The van der Waals surface area contributed by atoms with Crippen LogP contribution in [0.1, 0.15) is 18.3 Å². The van der Waals surface area contributed by atoms with Gasteiger partial charge < -0.3 is 9.67 Å². The van der Waals surface area contributed by atoms with Crippen LogP contribution in [0.25, 0.3) is 0 Å². The standard InChI is InChI=1S/C12H15N3O/c1-12(16,10-4-3-5-13-9-10)8-11-14-6-7-15(11)2/h3-7,9,16H,8H2,1-2H3. The summed E-state index contributed by atoms with van der Waals surface area (Å²) in [6.45, 7) is 1.78. The second-order valence-corrected chi connectivity index (χ2v) is 4.15. The van der Waals surface area contributed by atoms with Crippen molar-refractivity contribution < 1.29 is 5.11 Å². The highest BCUT2D eigenvalue weighted by molar-refractivity contribution is 5.18. The van der Waals surface area contributed by atoms with Gasteiger partial charge in [-0.05, 0) is 13.0 Å². The van der Waals surface area contributed by atoms with Crippen molar-refractivity contribution in [2.24, 2.45) is 7.05 Å². The number of hydrogen-bond donors (Lipinski definition) is 1. The van der Waals surface area contributed by atoms with Gasteiger partial charge in [0.1, 0.15) is 5.82 Å². The van der Waals surface area contributed by atoms with Gasteiger partial charge in [0.05, 0.1) is 5.60 Å². The highest BCUT2D eigenvalue weighted by Crippen LogP contribution is 2.23. The van der Waals surface area contributed by atoms with E-state index < -0.39 is 5.60 Å². The fraction of sp³-hybridized carbons (Fsp3) is 0.333. The average molecular weight is 217 g/mol. The summed E-state index contributed by atoms with van der Waals surface area (Å²) in [5.74, 6) is 0.855. The van der Waals surface area contributed by atoms with E-state index in [-0.39, 0.29) is 0 Å². The van der Waals surface area contributed by atoms with Gasteiger partial charge in [-0.25, -0.2) is 4.98 Å². The number of aromatic nitrogens is 3. The Labute approximate surface area is 94.6 Å². The second-order valence-electron chi connectivity index (χ2n) is 4.15. The summed E-state index contributed by atoms with van der Waals surface area (Å²) < 4.78 is 1.91. The molecule has 2 heterocycles. The van der Waals surface area contributed by atoms with Crippen LogP contribution in [0, 0.1) is 0 Å². The van der Waals surface area contributed by atoms with Crippen molar-refractivity contribution in [3.8, 4) is 0 Å². The van der Waals surface area contributed by atoms with Crippen LogP contribution in [0.2, 0.25) is 0 Å². The zero-order valence-corrected chi connectivity index (χ0v) is 9.46. The van der Waals surface area contributed by atoms with E-state index >= 15 is 0 Å². The van der Waals surface area contributed by atoms with Crippen LogP contribution in [0.4, 0.5) is 0 Å². The van der Waals surface area contributed by atoms with Gasteiger partial charge in [0, 0.05) is 43.8 Å². The van der Waals surface area contributed by atoms with Crippen molar-refractivity contribution >= 4 is 0 Å². The molecule has 0 bridgehead atoms. The molecule has 0 aliphatic rings. The molecule has 2 aromatic rings. The van der Waals surface area contributed by atoms with Crippen molar-refractivity contribution in [2.75, 3.05) is 0 Å². The monoisotopic (exact) mass is 217 g/mol. The lowest BCUT2D eigenvalue weighted by Gasteiger charge is -2.22. The van der Waals surface area contributed by atoms with Gasteiger partial charge in [-0.1, -0.05) is 6.07 Å². The van der Waals surface area contributed by atoms with Crippen LogP contribution in [0.5, 0.6) is 0 Å². The molecule has 0 aliphatic heterocycles. The number of aryl methyl sites for hydroxylation is 1. The van der Waals surface area contributed by atoms with Crippen molar-refractivity contribution in [1.82, 2.24) is 14.5 Å². The Hall–Kier alpha value is -1.68. The minimum atomic E-state index is -0.937. The van der Waals surface area contributed by atoms with E-state index in [1.807, 2.05) is 29.9 Å². The first-order chi connectivity index (χ1) is 7.59. The minimum Gasteiger partial charge on any atom is -0.385 e. The molecule has 84 valence electrons. The lowest BCUT2D eigenvalue weighted by atomic mass is 9.94. The van der Waals surface area contributed by atoms with Gasteiger partial charge in [0.25, 0.3) is 0 Å². The molecule has 16 heavy (non-hydrogen) atoms. The third-order valence-corrected chi connectivity index (χ3v) is 2.71. The molecule has 0 radical (unpaired) electrons. The molecule has 0 aliphatic carbocycles. The first-order valence-corrected chi connectivity index (χ1v) is 5.19. The lowest BCUT2D eigenvalue weighted by Crippen LogP contribution is -2.26. The zero-order chi connectivity index (χ0) is 11.6. The first kappa shape index (κ1) is 10.8. The Bertz CT molecular complexity index is 462. The maximum absolute atomic E-state index is 10.4. The Morgan fingerprint density at radius 3 is 2.81 bits per heavy atom. The van der Waals surface area contributed by atoms with E-state index in [9.17, 15) is 5.11 Å². The normalized spacial score (nSPS) is 14.7. The second kappa shape index (κ2) is 4.06. The lowest BCUT2D eigenvalue weighted by molar-refractivity contribution is 0.0544. The fourth-order valence-electron chi connectivity index (χ4n) is 1.66. The topological polar surface area (TPSA) is 50.9 Å². The molecule has 2 aromatic heterocycles. The fourth-order valence-corrected chi connectivity index (χ4v) is 1.66. The highest BCUT2D eigenvalue weighted by Gasteiger charge is 2.25. The van der Waals surface area contributed by atoms with Gasteiger partial charge >= 0.3 is 0 Å². The smallest absolute Gasteiger partial charge is 0.111 e. The third kappa shape index (κ3) is 2.12. The number of rotatable bonds is 3. The van der Waals surface area contributed by atoms with Crippen LogP contribution < -0.4 is 0 Å². The quantitative estimate of drug-likeness (QED) is 0.842. The molecule has 4 nitrogen and oxygen atoms in total. The van der Waals surface area contributed by atoms with Gasteiger partial charge in [0.2, 0.25) is 0 Å². The predicted octanol–water partition coefficient (Wildman–Crippen LogP) is 1.27. The van der Waals surface area contributed by atoms with E-state index in [2.05, 4.69) is 9.97 Å². The van der Waals surface area contributed by atoms with E-state index in [4.69, 9.17) is 0 Å². The number of imidazole rings is 1. The molecule has 1 atom stereocenters. The van der Waals surface area contributed by atoms with Crippen LogP contribution >= 0.6 is 0 Å². The summed E-state index contributed by atoms with van der Waals surface area (Å²) in [5.41, 5.74) is -0.133. The van der Waals surface area contributed by atoms with E-state index in [0.717, 1.165) is 11.4 Å². The van der Waals surface area contributed by atoms with E-state index in [0.29, 0.717) is 6.42 Å². The molecule has 1 N–H and O–H groups in total. The van der Waals surface area contributed by atoms with E-state index in [1.165, 1.54) is 0 Å². The van der Waals surface area contributed by atoms with Gasteiger partial charge in [-0.2, -0.15) is 0 Å². The molecule has 0 amide bonds. The van der Waals surface area contributed by atoms with Crippen molar-refractivity contribution in [2.45, 2.75) is 18.9 Å². The zero-order valence-electron chi connectivity index (χ0n) is 9.46. The Morgan fingerprint density at radius 2 is 2.25 bits per heavy atom. The third-order valence-electron chi connectivity index (χ3n) is 2.71. The van der Waals surface area contributed by atoms with Crippen molar-refractivity contribution in [3.05, 3.63) is 48.3 Å². The average Bonchev–Trinajstić information content (AvgIpc) is 2.65. The molecule has 0 saturated carbocycles. The minimum absolute atomic E-state index is 0.474. The summed E-state index contributed by atoms with van der Waals surface area (Å²) in [6.07, 6.45) is 7.45. The van der Waals surface area contributed by atoms with Gasteiger partial charge in [-0.3, -0.25) is 4.98 Å². The Balaban J connectivity index is 2.24. The summed E-state index contributed by atoms with van der Waals surface area (Å²) >= 11 is 0. The number of nitrogens with zero attached hydrogens (tertiary/aromatic N) is 3. The molecule has 1 unspecified atom stereocenters. The van der Waals surface area contributed by atoms with Crippen LogP contribution in [-0.2, 0) is 19.1 Å². The molecule has 0 aromatic carbocycles. The summed E-state index contributed by atoms with van der Waals surface area (Å²) in [7, 11) is 1.92. The largest absolute Gasteiger partial charge is 0.385 e. The van der Waals surface area contributed by atoms with Crippen molar-refractivity contribution in [1.29, 1.82) is 0 Å². The van der Waals surface area contributed by atoms with Gasteiger partial charge in [0.15, 0.2) is 0 Å².